The number of amides is 1. The van der Waals surface area contributed by atoms with Crippen molar-refractivity contribution in [3.8, 4) is 5.75 Å². The second-order valence-electron chi connectivity index (χ2n) is 2.98. The maximum Gasteiger partial charge on any atom is 0.387 e. The highest BCUT2D eigenvalue weighted by Gasteiger charge is 2.14. The van der Waals surface area contributed by atoms with Gasteiger partial charge in [-0.25, -0.2) is 0 Å². The maximum atomic E-state index is 12.0. The van der Waals surface area contributed by atoms with Crippen LogP contribution in [0.4, 0.5) is 14.5 Å². The van der Waals surface area contributed by atoms with Crippen LogP contribution in [0.15, 0.2) is 24.3 Å². The van der Waals surface area contributed by atoms with Gasteiger partial charge in [-0.05, 0) is 19.1 Å². The molecule has 3 nitrogen and oxygen atoms in total. The van der Waals surface area contributed by atoms with Crippen molar-refractivity contribution in [1.82, 2.24) is 0 Å². The van der Waals surface area contributed by atoms with E-state index in [0.717, 1.165) is 0 Å². The van der Waals surface area contributed by atoms with E-state index < -0.39 is 17.9 Å². The molecule has 1 aromatic rings. The Morgan fingerprint density at radius 2 is 2.06 bits per heavy atom. The molecule has 16 heavy (non-hydrogen) atoms. The van der Waals surface area contributed by atoms with Gasteiger partial charge >= 0.3 is 6.61 Å². The SMILES string of the molecule is CC(Cl)C(=O)Nc1ccccc1OC(F)F. The number of benzene rings is 1. The second-order valence-corrected chi connectivity index (χ2v) is 3.63. The summed E-state index contributed by atoms with van der Waals surface area (Å²) < 4.78 is 28.3. The molecule has 0 heterocycles. The number of para-hydroxylation sites is 2. The van der Waals surface area contributed by atoms with E-state index in [-0.39, 0.29) is 11.4 Å². The van der Waals surface area contributed by atoms with Gasteiger partial charge in [-0.2, -0.15) is 8.78 Å². The van der Waals surface area contributed by atoms with Crippen LogP contribution in [0.1, 0.15) is 6.92 Å². The zero-order chi connectivity index (χ0) is 12.1. The van der Waals surface area contributed by atoms with Gasteiger partial charge in [-0.1, -0.05) is 12.1 Å². The zero-order valence-corrected chi connectivity index (χ0v) is 9.17. The molecule has 0 saturated heterocycles. The first-order chi connectivity index (χ1) is 7.50. The predicted molar refractivity (Wildman–Crippen MR) is 57.0 cm³/mol. The maximum absolute atomic E-state index is 12.0. The van der Waals surface area contributed by atoms with Crippen LogP contribution in [-0.2, 0) is 4.79 Å². The zero-order valence-electron chi connectivity index (χ0n) is 8.41. The van der Waals surface area contributed by atoms with Crippen molar-refractivity contribution in [3.05, 3.63) is 24.3 Å². The minimum Gasteiger partial charge on any atom is -0.433 e. The predicted octanol–water partition coefficient (Wildman–Crippen LogP) is 2.85. The smallest absolute Gasteiger partial charge is 0.387 e. The van der Waals surface area contributed by atoms with E-state index in [1.54, 1.807) is 6.07 Å². The summed E-state index contributed by atoms with van der Waals surface area (Å²) in [5.41, 5.74) is 0.167. The summed E-state index contributed by atoms with van der Waals surface area (Å²) in [4.78, 5) is 11.3. The van der Waals surface area contributed by atoms with Gasteiger partial charge in [0.25, 0.3) is 0 Å². The highest BCUT2D eigenvalue weighted by molar-refractivity contribution is 6.32. The third kappa shape index (κ3) is 3.66. The van der Waals surface area contributed by atoms with Crippen LogP contribution in [0, 0.1) is 0 Å². The summed E-state index contributed by atoms with van der Waals surface area (Å²) in [7, 11) is 0. The van der Waals surface area contributed by atoms with Crippen LogP contribution in [0.2, 0.25) is 0 Å². The van der Waals surface area contributed by atoms with E-state index in [9.17, 15) is 13.6 Å². The molecular weight excluding hydrogens is 240 g/mol. The van der Waals surface area contributed by atoms with Gasteiger partial charge in [0.15, 0.2) is 0 Å². The highest BCUT2D eigenvalue weighted by Crippen LogP contribution is 2.25. The van der Waals surface area contributed by atoms with Gasteiger partial charge in [0, 0.05) is 0 Å². The fourth-order valence-electron chi connectivity index (χ4n) is 1.00. The second kappa shape index (κ2) is 5.65. The monoisotopic (exact) mass is 249 g/mol. The molecule has 6 heteroatoms. The Balaban J connectivity index is 2.82. The van der Waals surface area contributed by atoms with E-state index in [1.165, 1.54) is 25.1 Å². The molecule has 0 fully saturated rings. The molecule has 1 aromatic carbocycles. The quantitative estimate of drug-likeness (QED) is 0.834. The highest BCUT2D eigenvalue weighted by atomic mass is 35.5. The molecule has 0 saturated carbocycles. The standard InChI is InChI=1S/C10H10ClF2NO2/c1-6(11)9(15)14-7-4-2-3-5-8(7)16-10(12)13/h2-6,10H,1H3,(H,14,15). The number of halogens is 3. The lowest BCUT2D eigenvalue weighted by Gasteiger charge is -2.12. The summed E-state index contributed by atoms with van der Waals surface area (Å²) >= 11 is 5.54. The van der Waals surface area contributed by atoms with E-state index in [2.05, 4.69) is 10.1 Å². The molecular formula is C10H10ClF2NO2. The van der Waals surface area contributed by atoms with Gasteiger partial charge in [0.1, 0.15) is 11.1 Å². The summed E-state index contributed by atoms with van der Waals surface area (Å²) in [6.07, 6.45) is 0. The normalized spacial score (nSPS) is 12.3. The molecule has 0 spiro atoms. The average molecular weight is 250 g/mol. The van der Waals surface area contributed by atoms with Crippen molar-refractivity contribution in [2.75, 3.05) is 5.32 Å². The van der Waals surface area contributed by atoms with Gasteiger partial charge < -0.3 is 10.1 Å². The Morgan fingerprint density at radius 1 is 1.44 bits per heavy atom. The number of carbonyl (C=O) groups excluding carboxylic acids is 1. The van der Waals surface area contributed by atoms with Crippen molar-refractivity contribution in [2.45, 2.75) is 18.9 Å². The number of hydrogen-bond acceptors (Lipinski definition) is 2. The van der Waals surface area contributed by atoms with Gasteiger partial charge in [-0.3, -0.25) is 4.79 Å². The first kappa shape index (κ1) is 12.7. The largest absolute Gasteiger partial charge is 0.433 e. The Morgan fingerprint density at radius 3 is 2.62 bits per heavy atom. The molecule has 1 unspecified atom stereocenters. The molecule has 1 N–H and O–H groups in total. The Labute approximate surface area is 96.4 Å². The third-order valence-corrected chi connectivity index (χ3v) is 1.92. The summed E-state index contributed by atoms with van der Waals surface area (Å²) in [6, 6.07) is 5.90. The molecule has 0 aromatic heterocycles. The lowest BCUT2D eigenvalue weighted by atomic mass is 10.3. The lowest BCUT2D eigenvalue weighted by Crippen LogP contribution is -2.21. The van der Waals surface area contributed by atoms with Crippen molar-refractivity contribution in [1.29, 1.82) is 0 Å². The first-order valence-corrected chi connectivity index (χ1v) is 4.93. The summed E-state index contributed by atoms with van der Waals surface area (Å²) in [5, 5.41) is 1.64. The van der Waals surface area contributed by atoms with E-state index in [0.29, 0.717) is 0 Å². The van der Waals surface area contributed by atoms with E-state index in [4.69, 9.17) is 11.6 Å². The van der Waals surface area contributed by atoms with Crippen LogP contribution in [0.25, 0.3) is 0 Å². The molecule has 1 atom stereocenters. The van der Waals surface area contributed by atoms with Crippen molar-refractivity contribution < 1.29 is 18.3 Å². The summed E-state index contributed by atoms with van der Waals surface area (Å²) in [6.45, 7) is -1.46. The average Bonchev–Trinajstić information content (AvgIpc) is 2.20. The van der Waals surface area contributed by atoms with Gasteiger partial charge in [-0.15, -0.1) is 11.6 Å². The van der Waals surface area contributed by atoms with Crippen molar-refractivity contribution in [2.24, 2.45) is 0 Å². The lowest BCUT2D eigenvalue weighted by molar-refractivity contribution is -0.115. The summed E-state index contributed by atoms with van der Waals surface area (Å²) in [5.74, 6) is -0.574. The van der Waals surface area contributed by atoms with Crippen molar-refractivity contribution in [3.63, 3.8) is 0 Å². The molecule has 1 amide bonds. The van der Waals surface area contributed by atoms with Crippen molar-refractivity contribution >= 4 is 23.2 Å². The molecule has 1 rings (SSSR count). The molecule has 88 valence electrons. The van der Waals surface area contributed by atoms with Crippen LogP contribution < -0.4 is 10.1 Å². The number of nitrogens with one attached hydrogen (secondary N) is 1. The number of alkyl halides is 3. The topological polar surface area (TPSA) is 38.3 Å². The minimum absolute atomic E-state index is 0.0943. The van der Waals surface area contributed by atoms with Crippen LogP contribution in [0.5, 0.6) is 5.75 Å². The number of anilines is 1. The van der Waals surface area contributed by atoms with Crippen LogP contribution in [-0.4, -0.2) is 17.9 Å². The Hall–Kier alpha value is -1.36. The Kier molecular flexibility index (Phi) is 4.49. The minimum atomic E-state index is -2.94. The Bertz CT molecular complexity index is 372. The third-order valence-electron chi connectivity index (χ3n) is 1.72. The van der Waals surface area contributed by atoms with E-state index in [1.807, 2.05) is 0 Å². The molecule has 0 radical (unpaired) electrons. The number of hydrogen-bond donors (Lipinski definition) is 1. The fraction of sp³-hybridized carbons (Fsp3) is 0.300. The molecule has 0 aliphatic carbocycles. The van der Waals surface area contributed by atoms with Gasteiger partial charge in [0.05, 0.1) is 5.69 Å². The number of ether oxygens (including phenoxy) is 1. The van der Waals surface area contributed by atoms with Gasteiger partial charge in [0.2, 0.25) is 5.91 Å². The number of carbonyl (C=O) groups is 1. The van der Waals surface area contributed by atoms with Crippen LogP contribution in [0.3, 0.4) is 0 Å². The molecule has 0 aliphatic rings. The molecule has 0 aliphatic heterocycles. The van der Waals surface area contributed by atoms with E-state index >= 15 is 0 Å². The van der Waals surface area contributed by atoms with Crippen LogP contribution >= 0.6 is 11.6 Å². The fourth-order valence-corrected chi connectivity index (χ4v) is 1.06. The first-order valence-electron chi connectivity index (χ1n) is 4.49. The number of rotatable bonds is 4. The molecule has 0 bridgehead atoms.